The molecule has 3 rings (SSSR count). The van der Waals surface area contributed by atoms with Gasteiger partial charge in [0.2, 0.25) is 17.4 Å². The first-order chi connectivity index (χ1) is 15.6. The van der Waals surface area contributed by atoms with Crippen molar-refractivity contribution in [2.45, 2.75) is 38.0 Å². The highest BCUT2D eigenvalue weighted by atomic mass is 19.4. The number of benzene rings is 1. The molecule has 1 aliphatic heterocycles. The number of allylic oxidation sites excluding steroid dienone is 3. The number of carbonyl (C=O) groups is 2. The average molecular weight is 464 g/mol. The molecule has 2 atom stereocenters. The van der Waals surface area contributed by atoms with E-state index in [1.807, 2.05) is 19.1 Å². The first-order valence-electron chi connectivity index (χ1n) is 10.4. The van der Waals surface area contributed by atoms with E-state index in [1.165, 1.54) is 19.2 Å². The average Bonchev–Trinajstić information content (AvgIpc) is 3.12. The van der Waals surface area contributed by atoms with Gasteiger partial charge in [-0.05, 0) is 18.6 Å². The summed E-state index contributed by atoms with van der Waals surface area (Å²) in [4.78, 5) is 23.3. The zero-order chi connectivity index (χ0) is 24.3. The second kappa shape index (κ2) is 9.32. The van der Waals surface area contributed by atoms with Crippen molar-refractivity contribution in [2.75, 3.05) is 13.7 Å². The van der Waals surface area contributed by atoms with Crippen LogP contribution in [0.1, 0.15) is 42.1 Å². The first kappa shape index (κ1) is 24.4. The molecule has 2 aliphatic rings. The van der Waals surface area contributed by atoms with Crippen molar-refractivity contribution in [1.29, 1.82) is 0 Å². The second-order valence-electron chi connectivity index (χ2n) is 7.83. The van der Waals surface area contributed by atoms with E-state index in [9.17, 15) is 22.8 Å². The van der Waals surface area contributed by atoms with E-state index in [4.69, 9.17) is 10.5 Å². The Kier molecular flexibility index (Phi) is 6.89. The number of carbonyl (C=O) groups excluding carboxylic acids is 2. The van der Waals surface area contributed by atoms with Crippen LogP contribution in [0, 0.1) is 0 Å². The smallest absolute Gasteiger partial charge is 0.420 e. The van der Waals surface area contributed by atoms with Crippen molar-refractivity contribution >= 4 is 23.8 Å². The topological polar surface area (TPSA) is 91.0 Å². The minimum Gasteiger partial charge on any atom is -0.420 e. The lowest BCUT2D eigenvalue weighted by atomic mass is 9.82. The fourth-order valence-corrected chi connectivity index (χ4v) is 3.96. The lowest BCUT2D eigenvalue weighted by Crippen LogP contribution is -2.39. The third-order valence-corrected chi connectivity index (χ3v) is 5.46. The highest BCUT2D eigenvalue weighted by Crippen LogP contribution is 2.46. The molecule has 176 valence electrons. The van der Waals surface area contributed by atoms with Crippen LogP contribution in [0.5, 0.6) is 0 Å². The van der Waals surface area contributed by atoms with E-state index in [-0.39, 0.29) is 17.7 Å². The fourth-order valence-electron chi connectivity index (χ4n) is 3.96. The molecule has 2 N–H and O–H groups in total. The maximum atomic E-state index is 13.6. The Morgan fingerprint density at radius 2 is 2.09 bits per heavy atom. The summed E-state index contributed by atoms with van der Waals surface area (Å²) < 4.78 is 51.0. The zero-order valence-electron chi connectivity index (χ0n) is 18.3. The second-order valence-corrected chi connectivity index (χ2v) is 7.83. The van der Waals surface area contributed by atoms with Gasteiger partial charge in [0.05, 0.1) is 11.1 Å². The van der Waals surface area contributed by atoms with Crippen LogP contribution < -0.4 is 10.3 Å². The molecule has 1 aliphatic carbocycles. The minimum atomic E-state index is -4.87. The SMILES string of the molecule is CCCCOC1(c2c(C(N)=O)cccc2[N+]2(C)C=C(OC=O)C(C(F)(F)F)=N2)C=CC=CC1. The van der Waals surface area contributed by atoms with Crippen LogP contribution in [-0.4, -0.2) is 37.9 Å². The Hall–Kier alpha value is -3.24. The van der Waals surface area contributed by atoms with Crippen molar-refractivity contribution < 1.29 is 32.2 Å². The molecule has 0 saturated carbocycles. The number of hydrogen-bond donors (Lipinski definition) is 1. The van der Waals surface area contributed by atoms with Gasteiger partial charge in [0.1, 0.15) is 12.6 Å². The van der Waals surface area contributed by atoms with Gasteiger partial charge in [-0.3, -0.25) is 9.59 Å². The molecule has 0 radical (unpaired) electrons. The van der Waals surface area contributed by atoms with Gasteiger partial charge in [0, 0.05) is 19.1 Å². The van der Waals surface area contributed by atoms with E-state index >= 15 is 0 Å². The fraction of sp³-hybridized carbons (Fsp3) is 0.348. The quantitative estimate of drug-likeness (QED) is 0.337. The van der Waals surface area contributed by atoms with E-state index < -0.39 is 33.7 Å². The number of hydrogen-bond acceptors (Lipinski definition) is 5. The summed E-state index contributed by atoms with van der Waals surface area (Å²) in [6.45, 7) is 2.27. The van der Waals surface area contributed by atoms with E-state index in [1.54, 1.807) is 18.2 Å². The van der Waals surface area contributed by atoms with E-state index in [2.05, 4.69) is 9.84 Å². The number of quaternary nitrogens is 1. The predicted molar refractivity (Wildman–Crippen MR) is 117 cm³/mol. The molecule has 1 aromatic carbocycles. The molecule has 1 heterocycles. The van der Waals surface area contributed by atoms with Crippen molar-refractivity contribution in [3.63, 3.8) is 0 Å². The standard InChI is InChI=1S/C23H24F3N3O4/c1-3-4-13-33-22(11-6-5-7-12-22)19-16(21(27)31)9-8-10-17(19)29(2)14-18(32-15-30)20(28-29)23(24,25)26/h5-11,14-15H,3-4,12-13H2,1-2H3,(H-,27,31)/p+1. The van der Waals surface area contributed by atoms with Crippen molar-refractivity contribution in [3.05, 3.63) is 65.6 Å². The van der Waals surface area contributed by atoms with Gasteiger partial charge in [0.15, 0.2) is 11.9 Å². The Morgan fingerprint density at radius 3 is 2.67 bits per heavy atom. The summed E-state index contributed by atoms with van der Waals surface area (Å²) in [5.41, 5.74) is 3.82. The minimum absolute atomic E-state index is 0.0898. The third kappa shape index (κ3) is 4.76. The summed E-state index contributed by atoms with van der Waals surface area (Å²) in [7, 11) is 1.39. The zero-order valence-corrected chi connectivity index (χ0v) is 18.3. The molecule has 10 heteroatoms. The lowest BCUT2D eigenvalue weighted by Gasteiger charge is -2.36. The number of primary amides is 1. The molecular formula is C23H25F3N3O4+. The normalized spacial score (nSPS) is 24.4. The van der Waals surface area contributed by atoms with Crippen LogP contribution in [0.4, 0.5) is 18.9 Å². The maximum absolute atomic E-state index is 13.6. The third-order valence-electron chi connectivity index (χ3n) is 5.46. The predicted octanol–water partition coefficient (Wildman–Crippen LogP) is 4.20. The van der Waals surface area contributed by atoms with Crippen molar-refractivity contribution in [1.82, 2.24) is 4.59 Å². The van der Waals surface area contributed by atoms with Gasteiger partial charge in [-0.15, -0.1) is 4.59 Å². The van der Waals surface area contributed by atoms with Gasteiger partial charge in [0.25, 0.3) is 6.47 Å². The molecule has 0 spiro atoms. The molecule has 1 amide bonds. The molecular weight excluding hydrogens is 439 g/mol. The number of rotatable bonds is 9. The van der Waals surface area contributed by atoms with Crippen LogP contribution in [-0.2, 0) is 19.9 Å². The monoisotopic (exact) mass is 464 g/mol. The number of halogens is 3. The van der Waals surface area contributed by atoms with Crippen LogP contribution >= 0.6 is 0 Å². The summed E-state index contributed by atoms with van der Waals surface area (Å²) in [5, 5.41) is 3.85. The maximum Gasteiger partial charge on any atom is 0.442 e. The molecule has 7 nitrogen and oxygen atoms in total. The Balaban J connectivity index is 2.28. The highest BCUT2D eigenvalue weighted by Gasteiger charge is 2.51. The van der Waals surface area contributed by atoms with Crippen molar-refractivity contribution in [3.8, 4) is 0 Å². The van der Waals surface area contributed by atoms with Gasteiger partial charge >= 0.3 is 6.18 Å². The van der Waals surface area contributed by atoms with Gasteiger partial charge < -0.3 is 15.2 Å². The molecule has 33 heavy (non-hydrogen) atoms. The first-order valence-corrected chi connectivity index (χ1v) is 10.4. The molecule has 0 fully saturated rings. The van der Waals surface area contributed by atoms with E-state index in [0.29, 0.717) is 18.6 Å². The summed E-state index contributed by atoms with van der Waals surface area (Å²) >= 11 is 0. The molecule has 0 aromatic heterocycles. The number of alkyl halides is 3. The summed E-state index contributed by atoms with van der Waals surface area (Å²) in [6, 6.07) is 4.57. The van der Waals surface area contributed by atoms with Crippen LogP contribution in [0.25, 0.3) is 0 Å². The van der Waals surface area contributed by atoms with Gasteiger partial charge in [-0.2, -0.15) is 13.2 Å². The van der Waals surface area contributed by atoms with Crippen LogP contribution in [0.15, 0.2) is 59.6 Å². The Morgan fingerprint density at radius 1 is 1.33 bits per heavy atom. The number of amides is 1. The van der Waals surface area contributed by atoms with Crippen LogP contribution in [0.3, 0.4) is 0 Å². The van der Waals surface area contributed by atoms with Gasteiger partial charge in [-0.25, -0.2) is 0 Å². The Bertz CT molecular complexity index is 1060. The number of ether oxygens (including phenoxy) is 2. The summed E-state index contributed by atoms with van der Waals surface area (Å²) in [5.74, 6) is -1.48. The number of nitrogens with zero attached hydrogens (tertiary/aromatic N) is 2. The van der Waals surface area contributed by atoms with E-state index in [0.717, 1.165) is 19.0 Å². The number of unbranched alkanes of at least 4 members (excludes halogenated alkanes) is 1. The highest BCUT2D eigenvalue weighted by molar-refractivity contribution is 6.05. The van der Waals surface area contributed by atoms with Gasteiger partial charge in [-0.1, -0.05) is 42.7 Å². The Labute approximate surface area is 189 Å². The summed E-state index contributed by atoms with van der Waals surface area (Å²) in [6.07, 6.45) is 5.31. The largest absolute Gasteiger partial charge is 0.442 e. The van der Waals surface area contributed by atoms with Crippen molar-refractivity contribution in [2.24, 2.45) is 10.8 Å². The molecule has 0 bridgehead atoms. The number of nitrogens with two attached hydrogens (primary N) is 1. The molecule has 2 unspecified atom stereocenters. The lowest BCUT2D eigenvalue weighted by molar-refractivity contribution is -0.124. The molecule has 1 aromatic rings. The molecule has 0 saturated heterocycles. The van der Waals surface area contributed by atoms with Crippen LogP contribution in [0.2, 0.25) is 0 Å².